The molecule has 0 aromatic carbocycles. The number of ether oxygens (including phenoxy) is 1. The van der Waals surface area contributed by atoms with Crippen LogP contribution in [0, 0.1) is 22.7 Å². The number of Topliss-reactive ketones (excluding diaryl/α,β-unsaturated/α-hetero) is 1. The summed E-state index contributed by atoms with van der Waals surface area (Å²) in [6.07, 6.45) is -0.393. The Balaban J connectivity index is 1.81. The predicted molar refractivity (Wildman–Crippen MR) is 91.2 cm³/mol. The third-order valence-corrected chi connectivity index (χ3v) is 7.55. The number of aliphatic hydroxyl groups is 2. The molecular formula is C20H24F2O5. The number of hydrogen-bond acceptors (Lipinski definition) is 5. The summed E-state index contributed by atoms with van der Waals surface area (Å²) in [5.41, 5.74) is -4.43. The molecule has 0 bridgehead atoms. The van der Waals surface area contributed by atoms with Gasteiger partial charge in [-0.25, -0.2) is 8.78 Å². The van der Waals surface area contributed by atoms with E-state index in [9.17, 15) is 19.8 Å². The monoisotopic (exact) mass is 382 g/mol. The number of carbonyl (C=O) groups is 2. The second kappa shape index (κ2) is 5.78. The van der Waals surface area contributed by atoms with Crippen LogP contribution in [0.25, 0.3) is 0 Å². The molecule has 1 saturated heterocycles. The molecule has 0 aromatic rings. The summed E-state index contributed by atoms with van der Waals surface area (Å²) >= 11 is 0. The first kappa shape index (κ1) is 18.9. The van der Waals surface area contributed by atoms with Crippen LogP contribution in [0.4, 0.5) is 8.78 Å². The highest BCUT2D eigenvalue weighted by Gasteiger charge is 2.72. The standard InChI is InChI=1S/C20H24F2O5/c1-18-7-16(26)20(22)11(13(18)9-27-17(18)15(25)8-23)6-14(21)12-5-10(24)3-4-19(12,20)2/h3-5,11,13-14,16-17,23,26H,6-9H2,1-2H3/t11?,13?,14-,16?,17+,18?,19?,20-/m0/s1. The number of hydrogen-bond donors (Lipinski definition) is 2. The summed E-state index contributed by atoms with van der Waals surface area (Å²) in [5.74, 6) is -2.26. The third-order valence-electron chi connectivity index (χ3n) is 7.55. The molecule has 148 valence electrons. The topological polar surface area (TPSA) is 83.8 Å². The van der Waals surface area contributed by atoms with Crippen molar-refractivity contribution in [1.82, 2.24) is 0 Å². The van der Waals surface area contributed by atoms with Crippen LogP contribution in [0.2, 0.25) is 0 Å². The Labute approximate surface area is 156 Å². The predicted octanol–water partition coefficient (Wildman–Crippen LogP) is 1.47. The van der Waals surface area contributed by atoms with Gasteiger partial charge in [0.15, 0.2) is 17.2 Å². The van der Waals surface area contributed by atoms with Crippen LogP contribution >= 0.6 is 0 Å². The smallest absolute Gasteiger partial charge is 0.187 e. The number of halogens is 2. The van der Waals surface area contributed by atoms with Crippen molar-refractivity contribution in [2.45, 2.75) is 50.7 Å². The van der Waals surface area contributed by atoms with Crippen LogP contribution in [0.15, 0.2) is 23.8 Å². The fourth-order valence-corrected chi connectivity index (χ4v) is 6.14. The molecule has 0 spiro atoms. The summed E-state index contributed by atoms with van der Waals surface area (Å²) in [7, 11) is 0. The van der Waals surface area contributed by atoms with Crippen LogP contribution in [-0.4, -0.2) is 59.0 Å². The molecule has 5 unspecified atom stereocenters. The molecule has 7 heteroatoms. The Morgan fingerprint density at radius 1 is 1.37 bits per heavy atom. The minimum atomic E-state index is -2.18. The van der Waals surface area contributed by atoms with Gasteiger partial charge >= 0.3 is 0 Å². The summed E-state index contributed by atoms with van der Waals surface area (Å²) in [5, 5.41) is 20.2. The van der Waals surface area contributed by atoms with E-state index in [-0.39, 0.29) is 30.8 Å². The van der Waals surface area contributed by atoms with E-state index in [2.05, 4.69) is 0 Å². The van der Waals surface area contributed by atoms with E-state index in [1.807, 2.05) is 0 Å². The van der Waals surface area contributed by atoms with Crippen molar-refractivity contribution in [2.75, 3.05) is 13.2 Å². The molecule has 3 fully saturated rings. The summed E-state index contributed by atoms with van der Waals surface area (Å²) < 4.78 is 37.3. The molecule has 27 heavy (non-hydrogen) atoms. The van der Waals surface area contributed by atoms with Crippen molar-refractivity contribution in [2.24, 2.45) is 22.7 Å². The molecule has 0 aromatic heterocycles. The van der Waals surface area contributed by atoms with Crippen LogP contribution in [0.5, 0.6) is 0 Å². The van der Waals surface area contributed by atoms with Gasteiger partial charge < -0.3 is 14.9 Å². The molecule has 8 atom stereocenters. The lowest BCUT2D eigenvalue weighted by Gasteiger charge is -2.61. The second-order valence-corrected chi connectivity index (χ2v) is 8.79. The molecule has 4 rings (SSSR count). The van der Waals surface area contributed by atoms with Gasteiger partial charge in [0.1, 0.15) is 18.9 Å². The molecule has 1 heterocycles. The minimum absolute atomic E-state index is 0.0390. The fourth-order valence-electron chi connectivity index (χ4n) is 6.14. The maximum absolute atomic E-state index is 16.6. The van der Waals surface area contributed by atoms with Crippen molar-refractivity contribution in [3.63, 3.8) is 0 Å². The van der Waals surface area contributed by atoms with Gasteiger partial charge in [0.2, 0.25) is 0 Å². The molecule has 3 aliphatic carbocycles. The van der Waals surface area contributed by atoms with Crippen LogP contribution in [0.1, 0.15) is 26.7 Å². The first-order chi connectivity index (χ1) is 12.6. The number of aliphatic hydroxyl groups excluding tert-OH is 2. The quantitative estimate of drug-likeness (QED) is 0.756. The highest BCUT2D eigenvalue weighted by atomic mass is 19.1. The molecule has 1 aliphatic heterocycles. The van der Waals surface area contributed by atoms with Crippen molar-refractivity contribution < 1.29 is 33.3 Å². The maximum atomic E-state index is 16.6. The molecule has 4 aliphatic rings. The number of fused-ring (bicyclic) bond motifs is 5. The maximum Gasteiger partial charge on any atom is 0.187 e. The Bertz CT molecular complexity index is 763. The van der Waals surface area contributed by atoms with Gasteiger partial charge in [0.05, 0.1) is 12.7 Å². The normalized spacial score (nSPS) is 51.3. The van der Waals surface area contributed by atoms with E-state index in [4.69, 9.17) is 4.74 Å². The van der Waals surface area contributed by atoms with Crippen LogP contribution < -0.4 is 0 Å². The molecule has 5 nitrogen and oxygen atoms in total. The molecular weight excluding hydrogens is 358 g/mol. The first-order valence-corrected chi connectivity index (χ1v) is 9.31. The number of rotatable bonds is 2. The highest BCUT2D eigenvalue weighted by Crippen LogP contribution is 2.66. The number of allylic oxidation sites excluding steroid dienone is 4. The van der Waals surface area contributed by atoms with E-state index in [1.54, 1.807) is 6.92 Å². The highest BCUT2D eigenvalue weighted by molar-refractivity contribution is 6.01. The van der Waals surface area contributed by atoms with E-state index < -0.39 is 59.1 Å². The van der Waals surface area contributed by atoms with E-state index in [0.29, 0.717) is 0 Å². The third kappa shape index (κ3) is 2.19. The molecule has 2 saturated carbocycles. The van der Waals surface area contributed by atoms with E-state index >= 15 is 8.78 Å². The van der Waals surface area contributed by atoms with Crippen molar-refractivity contribution in [1.29, 1.82) is 0 Å². The Morgan fingerprint density at radius 2 is 2.07 bits per heavy atom. The van der Waals surface area contributed by atoms with E-state index in [1.165, 1.54) is 19.1 Å². The van der Waals surface area contributed by atoms with Crippen molar-refractivity contribution in [3.8, 4) is 0 Å². The van der Waals surface area contributed by atoms with Crippen molar-refractivity contribution >= 4 is 11.6 Å². The average molecular weight is 382 g/mol. The Morgan fingerprint density at radius 3 is 2.74 bits per heavy atom. The number of ketones is 2. The summed E-state index contributed by atoms with van der Waals surface area (Å²) in [6.45, 7) is 2.64. The van der Waals surface area contributed by atoms with Gasteiger partial charge in [-0.3, -0.25) is 9.59 Å². The Kier molecular flexibility index (Phi) is 4.05. The zero-order valence-corrected chi connectivity index (χ0v) is 15.3. The van der Waals surface area contributed by atoms with Crippen molar-refractivity contribution in [3.05, 3.63) is 23.8 Å². The number of carbonyl (C=O) groups excluding carboxylic acids is 2. The largest absolute Gasteiger partial charge is 0.390 e. The first-order valence-electron chi connectivity index (χ1n) is 9.31. The van der Waals surface area contributed by atoms with Crippen LogP contribution in [-0.2, 0) is 14.3 Å². The lowest BCUT2D eigenvalue weighted by Crippen LogP contribution is -2.69. The SMILES string of the molecule is CC12CC(O)[C@@]3(F)C(C[C@H](F)C4=CC(=O)C=CC43C)C1CO[C@@H]2C(=O)CO. The van der Waals surface area contributed by atoms with E-state index in [0.717, 1.165) is 6.08 Å². The van der Waals surface area contributed by atoms with Crippen LogP contribution in [0.3, 0.4) is 0 Å². The van der Waals surface area contributed by atoms with Gasteiger partial charge in [-0.05, 0) is 43.4 Å². The van der Waals surface area contributed by atoms with Gasteiger partial charge in [0, 0.05) is 16.7 Å². The van der Waals surface area contributed by atoms with Gasteiger partial charge in [-0.1, -0.05) is 13.0 Å². The summed E-state index contributed by atoms with van der Waals surface area (Å²) in [6, 6.07) is 0. The molecule has 0 amide bonds. The van der Waals surface area contributed by atoms with Gasteiger partial charge in [0.25, 0.3) is 0 Å². The second-order valence-electron chi connectivity index (χ2n) is 8.79. The lowest BCUT2D eigenvalue weighted by atomic mass is 9.45. The van der Waals surface area contributed by atoms with Gasteiger partial charge in [-0.2, -0.15) is 0 Å². The lowest BCUT2D eigenvalue weighted by molar-refractivity contribution is -0.196. The minimum Gasteiger partial charge on any atom is -0.390 e. The Hall–Kier alpha value is -1.44. The number of alkyl halides is 2. The zero-order valence-electron chi connectivity index (χ0n) is 15.3. The molecule has 2 N–H and O–H groups in total. The fraction of sp³-hybridized carbons (Fsp3) is 0.700. The summed E-state index contributed by atoms with van der Waals surface area (Å²) in [4.78, 5) is 23.9. The molecule has 0 radical (unpaired) electrons. The zero-order chi connectivity index (χ0) is 19.8. The average Bonchev–Trinajstić information content (AvgIpc) is 2.95. The van der Waals surface area contributed by atoms with Gasteiger partial charge in [-0.15, -0.1) is 0 Å².